The fourth-order valence-electron chi connectivity index (χ4n) is 4.44. The number of hydrogen-bond donors (Lipinski definition) is 0. The van der Waals surface area contributed by atoms with Gasteiger partial charge in [0.25, 0.3) is 0 Å². The van der Waals surface area contributed by atoms with Crippen LogP contribution in [-0.2, 0) is 15.3 Å². The van der Waals surface area contributed by atoms with Crippen molar-refractivity contribution in [3.8, 4) is 0 Å². The van der Waals surface area contributed by atoms with E-state index in [0.717, 1.165) is 28.5 Å². The van der Waals surface area contributed by atoms with Gasteiger partial charge in [-0.1, -0.05) is 60.7 Å². The van der Waals surface area contributed by atoms with Crippen LogP contribution in [0.2, 0.25) is 0 Å². The number of quaternary nitrogens is 1. The summed E-state index contributed by atoms with van der Waals surface area (Å²) in [6, 6.07) is 20.7. The lowest BCUT2D eigenvalue weighted by molar-refractivity contribution is -0.873. The van der Waals surface area contributed by atoms with Crippen LogP contribution in [0.4, 0.5) is 0 Å². The van der Waals surface area contributed by atoms with Crippen LogP contribution in [0.3, 0.4) is 0 Å². The van der Waals surface area contributed by atoms with Gasteiger partial charge in [-0.05, 0) is 12.8 Å². The van der Waals surface area contributed by atoms with Gasteiger partial charge in [-0.3, -0.25) is 0 Å². The quantitative estimate of drug-likeness (QED) is 0.790. The first kappa shape index (κ1) is 16.8. The molecule has 1 aliphatic heterocycles. The second-order valence-electron chi connectivity index (χ2n) is 8.47. The first-order valence-electron chi connectivity index (χ1n) is 9.23. The molecule has 132 valence electrons. The van der Waals surface area contributed by atoms with Crippen LogP contribution >= 0.6 is 0 Å². The van der Waals surface area contributed by atoms with E-state index >= 15 is 0 Å². The van der Waals surface area contributed by atoms with Crippen LogP contribution in [0, 0.1) is 5.92 Å². The predicted octanol–water partition coefficient (Wildman–Crippen LogP) is 3.79. The Bertz CT molecular complexity index is 652. The van der Waals surface area contributed by atoms with Crippen LogP contribution in [0.1, 0.15) is 24.0 Å². The first-order valence-corrected chi connectivity index (χ1v) is 9.23. The fraction of sp³-hybridized carbons (Fsp3) is 0.455. The minimum Gasteiger partial charge on any atom is -0.336 e. The van der Waals surface area contributed by atoms with Gasteiger partial charge < -0.3 is 14.0 Å². The number of hydrogen-bond acceptors (Lipinski definition) is 2. The molecular formula is C22H28NO2+. The Balaban J connectivity index is 1.62. The van der Waals surface area contributed by atoms with Gasteiger partial charge in [0.2, 0.25) is 5.79 Å². The molecule has 2 aliphatic rings. The lowest BCUT2D eigenvalue weighted by Crippen LogP contribution is -2.39. The highest BCUT2D eigenvalue weighted by Crippen LogP contribution is 2.49. The van der Waals surface area contributed by atoms with E-state index in [-0.39, 0.29) is 12.2 Å². The first-order chi connectivity index (χ1) is 12.0. The van der Waals surface area contributed by atoms with E-state index in [0.29, 0.717) is 5.92 Å². The highest BCUT2D eigenvalue weighted by atomic mass is 16.8. The lowest BCUT2D eigenvalue weighted by atomic mass is 9.97. The Morgan fingerprint density at radius 2 is 1.24 bits per heavy atom. The largest absolute Gasteiger partial charge is 0.336 e. The van der Waals surface area contributed by atoms with E-state index in [1.54, 1.807) is 0 Å². The zero-order chi connectivity index (χ0) is 17.5. The molecule has 0 aromatic heterocycles. The van der Waals surface area contributed by atoms with E-state index in [1.807, 2.05) is 12.1 Å². The summed E-state index contributed by atoms with van der Waals surface area (Å²) in [5.74, 6) is -0.0982. The van der Waals surface area contributed by atoms with Gasteiger partial charge in [-0.15, -0.1) is 0 Å². The molecule has 2 fully saturated rings. The van der Waals surface area contributed by atoms with E-state index in [1.165, 1.54) is 6.54 Å². The van der Waals surface area contributed by atoms with Gasteiger partial charge in [0, 0.05) is 17.0 Å². The van der Waals surface area contributed by atoms with Gasteiger partial charge in [-0.25, -0.2) is 0 Å². The van der Waals surface area contributed by atoms with Crippen molar-refractivity contribution in [1.82, 2.24) is 0 Å². The maximum Gasteiger partial charge on any atom is 0.223 e. The Labute approximate surface area is 150 Å². The summed E-state index contributed by atoms with van der Waals surface area (Å²) in [7, 11) is 6.77. The predicted molar refractivity (Wildman–Crippen MR) is 99.0 cm³/mol. The molecule has 0 radical (unpaired) electrons. The van der Waals surface area contributed by atoms with E-state index in [4.69, 9.17) is 9.47 Å². The van der Waals surface area contributed by atoms with Crippen molar-refractivity contribution in [2.75, 3.05) is 27.7 Å². The zero-order valence-electron chi connectivity index (χ0n) is 15.4. The molecule has 3 heteroatoms. The van der Waals surface area contributed by atoms with Crippen LogP contribution in [-0.4, -0.2) is 44.4 Å². The molecule has 2 aromatic carbocycles. The average molecular weight is 338 g/mol. The summed E-state index contributed by atoms with van der Waals surface area (Å²) in [5, 5.41) is 0. The third-order valence-electron chi connectivity index (χ3n) is 5.29. The van der Waals surface area contributed by atoms with Crippen molar-refractivity contribution >= 4 is 0 Å². The van der Waals surface area contributed by atoms with Gasteiger partial charge in [-0.2, -0.15) is 0 Å². The summed E-state index contributed by atoms with van der Waals surface area (Å²) in [4.78, 5) is 0. The Kier molecular flexibility index (Phi) is 4.19. The third-order valence-corrected chi connectivity index (χ3v) is 5.29. The Morgan fingerprint density at radius 3 is 1.64 bits per heavy atom. The Morgan fingerprint density at radius 1 is 0.800 bits per heavy atom. The summed E-state index contributed by atoms with van der Waals surface area (Å²) in [6.45, 7) is 1.17. The second-order valence-corrected chi connectivity index (χ2v) is 8.47. The number of rotatable bonds is 4. The van der Waals surface area contributed by atoms with Crippen LogP contribution in [0.5, 0.6) is 0 Å². The topological polar surface area (TPSA) is 18.5 Å². The summed E-state index contributed by atoms with van der Waals surface area (Å²) >= 11 is 0. The normalized spacial score (nSPS) is 28.0. The summed E-state index contributed by atoms with van der Waals surface area (Å²) < 4.78 is 14.3. The molecule has 0 amide bonds. The molecule has 4 rings (SSSR count). The fourth-order valence-corrected chi connectivity index (χ4v) is 4.44. The maximum absolute atomic E-state index is 6.66. The third kappa shape index (κ3) is 3.24. The molecule has 1 aliphatic carbocycles. The zero-order valence-corrected chi connectivity index (χ0v) is 15.4. The van der Waals surface area contributed by atoms with E-state index in [9.17, 15) is 0 Å². The molecule has 1 heterocycles. The van der Waals surface area contributed by atoms with Gasteiger partial charge in [0.1, 0.15) is 0 Å². The molecule has 0 spiro atoms. The van der Waals surface area contributed by atoms with E-state index < -0.39 is 5.79 Å². The Hall–Kier alpha value is -1.68. The number of fused-ring (bicyclic) bond motifs is 1. The molecular weight excluding hydrogens is 310 g/mol. The molecule has 2 aromatic rings. The number of benzene rings is 2. The minimum absolute atomic E-state index is 0.178. The maximum atomic E-state index is 6.66. The SMILES string of the molecule is C[N+](C)(C)CC1C[C@@H]2OC(c3ccccc3)(c3ccccc3)O[C@@H]2C1. The highest BCUT2D eigenvalue weighted by molar-refractivity contribution is 5.35. The van der Waals surface area contributed by atoms with Crippen LogP contribution in [0.25, 0.3) is 0 Å². The summed E-state index contributed by atoms with van der Waals surface area (Å²) in [5.41, 5.74) is 2.16. The van der Waals surface area contributed by atoms with Crippen LogP contribution < -0.4 is 0 Å². The molecule has 1 saturated carbocycles. The van der Waals surface area contributed by atoms with Crippen molar-refractivity contribution in [3.05, 3.63) is 71.8 Å². The molecule has 0 N–H and O–H groups in total. The minimum atomic E-state index is -0.764. The van der Waals surface area contributed by atoms with Crippen molar-refractivity contribution in [2.24, 2.45) is 5.92 Å². The number of nitrogens with zero attached hydrogens (tertiary/aromatic N) is 1. The average Bonchev–Trinajstić information content (AvgIpc) is 3.11. The molecule has 1 unspecified atom stereocenters. The number of ether oxygens (including phenoxy) is 2. The van der Waals surface area contributed by atoms with Gasteiger partial charge in [0.05, 0.1) is 39.9 Å². The molecule has 3 atom stereocenters. The smallest absolute Gasteiger partial charge is 0.223 e. The molecule has 3 nitrogen and oxygen atoms in total. The van der Waals surface area contributed by atoms with Gasteiger partial charge >= 0.3 is 0 Å². The van der Waals surface area contributed by atoms with E-state index in [2.05, 4.69) is 69.7 Å². The van der Waals surface area contributed by atoms with Crippen molar-refractivity contribution in [1.29, 1.82) is 0 Å². The van der Waals surface area contributed by atoms with Gasteiger partial charge in [0.15, 0.2) is 0 Å². The lowest BCUT2D eigenvalue weighted by Gasteiger charge is -2.32. The monoisotopic (exact) mass is 338 g/mol. The van der Waals surface area contributed by atoms with Crippen molar-refractivity contribution in [3.63, 3.8) is 0 Å². The molecule has 25 heavy (non-hydrogen) atoms. The molecule has 1 saturated heterocycles. The van der Waals surface area contributed by atoms with Crippen molar-refractivity contribution < 1.29 is 14.0 Å². The summed E-state index contributed by atoms with van der Waals surface area (Å²) in [6.07, 6.45) is 2.53. The second kappa shape index (κ2) is 6.24. The van der Waals surface area contributed by atoms with Crippen LogP contribution in [0.15, 0.2) is 60.7 Å². The standard InChI is InChI=1S/C22H28NO2/c1-23(2,3)16-17-14-20-21(15-17)25-22(24-20,18-10-6-4-7-11-18)19-12-8-5-9-13-19/h4-13,17,20-21H,14-16H2,1-3H3/q+1/t17?,20-,21+. The molecule has 0 bridgehead atoms. The highest BCUT2D eigenvalue weighted by Gasteiger charge is 2.54. The van der Waals surface area contributed by atoms with Crippen molar-refractivity contribution in [2.45, 2.75) is 30.8 Å².